The molecule has 0 atom stereocenters. The predicted molar refractivity (Wildman–Crippen MR) is 91.7 cm³/mol. The van der Waals surface area contributed by atoms with Crippen molar-refractivity contribution >= 4 is 28.4 Å². The summed E-state index contributed by atoms with van der Waals surface area (Å²) in [6, 6.07) is 8.65. The number of hydrogen-bond acceptors (Lipinski definition) is 6. The zero-order valence-electron chi connectivity index (χ0n) is 13.0. The molecule has 0 saturated heterocycles. The number of H-pyrrole nitrogens is 1. The molecule has 3 aromatic rings. The lowest BCUT2D eigenvalue weighted by Crippen LogP contribution is -2.17. The molecule has 3 rings (SSSR count). The Balaban J connectivity index is 1.76. The molecule has 2 aromatic heterocycles. The number of aromatic nitrogens is 3. The highest BCUT2D eigenvalue weighted by Gasteiger charge is 2.06. The number of nitrogens with two attached hydrogens (primary N) is 1. The van der Waals surface area contributed by atoms with E-state index in [4.69, 9.17) is 5.73 Å². The van der Waals surface area contributed by atoms with Crippen LogP contribution < -0.4 is 21.9 Å². The van der Waals surface area contributed by atoms with Crippen molar-refractivity contribution in [3.05, 3.63) is 58.1 Å². The van der Waals surface area contributed by atoms with E-state index in [2.05, 4.69) is 25.6 Å². The Bertz CT molecular complexity index is 949. The maximum absolute atomic E-state index is 11.7. The Morgan fingerprint density at radius 2 is 2.04 bits per heavy atom. The van der Waals surface area contributed by atoms with Crippen molar-refractivity contribution in [3.63, 3.8) is 0 Å². The molecular formula is C16H16N6O2. The highest BCUT2D eigenvalue weighted by Crippen LogP contribution is 2.12. The number of fused-ring (bicyclic) bond motifs is 1. The third kappa shape index (κ3) is 3.17. The average Bonchev–Trinajstić information content (AvgIpc) is 2.59. The normalized spacial score (nSPS) is 10.5. The Kier molecular flexibility index (Phi) is 4.11. The molecule has 8 heteroatoms. The van der Waals surface area contributed by atoms with Crippen LogP contribution in [-0.4, -0.2) is 27.9 Å². The molecule has 0 fully saturated rings. The van der Waals surface area contributed by atoms with Gasteiger partial charge in [0.25, 0.3) is 11.5 Å². The van der Waals surface area contributed by atoms with Gasteiger partial charge in [-0.2, -0.15) is 0 Å². The fourth-order valence-electron chi connectivity index (χ4n) is 2.25. The van der Waals surface area contributed by atoms with Crippen molar-refractivity contribution in [1.82, 2.24) is 20.3 Å². The number of carbonyl (C=O) groups excluding carboxylic acids is 1. The van der Waals surface area contributed by atoms with Gasteiger partial charge in [0.1, 0.15) is 5.82 Å². The monoisotopic (exact) mass is 324 g/mol. The van der Waals surface area contributed by atoms with Crippen LogP contribution in [0, 0.1) is 0 Å². The highest BCUT2D eigenvalue weighted by atomic mass is 16.1. The Hall–Kier alpha value is -3.42. The fourth-order valence-corrected chi connectivity index (χ4v) is 2.25. The summed E-state index contributed by atoms with van der Waals surface area (Å²) >= 11 is 0. The number of nitrogen functional groups attached to an aromatic ring is 1. The van der Waals surface area contributed by atoms with Crippen LogP contribution in [0.2, 0.25) is 0 Å². The topological polar surface area (TPSA) is 126 Å². The lowest BCUT2D eigenvalue weighted by atomic mass is 10.2. The van der Waals surface area contributed by atoms with Gasteiger partial charge in [-0.3, -0.25) is 9.59 Å². The smallest absolute Gasteiger partial charge is 0.277 e. The molecular weight excluding hydrogens is 308 g/mol. The van der Waals surface area contributed by atoms with Gasteiger partial charge < -0.3 is 21.4 Å². The number of nitrogens with one attached hydrogen (secondary N) is 3. The second-order valence-corrected chi connectivity index (χ2v) is 5.16. The number of rotatable bonds is 4. The Labute approximate surface area is 137 Å². The van der Waals surface area contributed by atoms with Gasteiger partial charge in [-0.05, 0) is 24.3 Å². The summed E-state index contributed by atoms with van der Waals surface area (Å²) in [6.07, 6.45) is 1.54. The van der Waals surface area contributed by atoms with E-state index >= 15 is 0 Å². The van der Waals surface area contributed by atoms with Crippen molar-refractivity contribution in [2.24, 2.45) is 0 Å². The van der Waals surface area contributed by atoms with E-state index in [1.807, 2.05) is 12.1 Å². The number of nitrogens with zero attached hydrogens (tertiary/aromatic N) is 2. The lowest BCUT2D eigenvalue weighted by Gasteiger charge is -2.07. The van der Waals surface area contributed by atoms with Crippen LogP contribution in [0.4, 0.5) is 11.5 Å². The zero-order valence-corrected chi connectivity index (χ0v) is 13.0. The van der Waals surface area contributed by atoms with Crippen LogP contribution in [-0.2, 0) is 6.54 Å². The van der Waals surface area contributed by atoms with Gasteiger partial charge in [0.2, 0.25) is 0 Å². The molecule has 0 aliphatic heterocycles. The van der Waals surface area contributed by atoms with Crippen LogP contribution >= 0.6 is 0 Å². The first kappa shape index (κ1) is 15.5. The Morgan fingerprint density at radius 1 is 1.29 bits per heavy atom. The molecule has 2 heterocycles. The minimum absolute atomic E-state index is 0.134. The minimum Gasteiger partial charge on any atom is -0.385 e. The number of amides is 1. The molecule has 1 amide bonds. The van der Waals surface area contributed by atoms with Crippen molar-refractivity contribution in [1.29, 1.82) is 0 Å². The fraction of sp³-hybridized carbons (Fsp3) is 0.125. The van der Waals surface area contributed by atoms with Crippen LogP contribution in [0.15, 0.2) is 41.3 Å². The molecule has 5 N–H and O–H groups in total. The van der Waals surface area contributed by atoms with E-state index in [1.54, 1.807) is 31.4 Å². The second-order valence-electron chi connectivity index (χ2n) is 5.16. The summed E-state index contributed by atoms with van der Waals surface area (Å²) in [5, 5.41) is 5.76. The summed E-state index contributed by atoms with van der Waals surface area (Å²) in [5.74, 6) is 0.112. The number of hydrogen-bond donors (Lipinski definition) is 4. The molecule has 122 valence electrons. The lowest BCUT2D eigenvalue weighted by molar-refractivity contribution is 0.0963. The van der Waals surface area contributed by atoms with Crippen LogP contribution in [0.1, 0.15) is 16.1 Å². The van der Waals surface area contributed by atoms with E-state index in [-0.39, 0.29) is 22.8 Å². The Morgan fingerprint density at radius 3 is 2.75 bits per heavy atom. The minimum atomic E-state index is -0.359. The molecule has 0 saturated carbocycles. The number of carbonyl (C=O) groups is 1. The summed E-state index contributed by atoms with van der Waals surface area (Å²) in [7, 11) is 1.59. The molecule has 24 heavy (non-hydrogen) atoms. The van der Waals surface area contributed by atoms with E-state index in [0.717, 1.165) is 5.69 Å². The second kappa shape index (κ2) is 6.37. The molecule has 8 nitrogen and oxygen atoms in total. The predicted octanol–water partition coefficient (Wildman–Crippen LogP) is 0.872. The highest BCUT2D eigenvalue weighted by molar-refractivity contribution is 5.94. The number of aromatic amines is 1. The van der Waals surface area contributed by atoms with Gasteiger partial charge >= 0.3 is 0 Å². The molecule has 0 unspecified atom stereocenters. The summed E-state index contributed by atoms with van der Waals surface area (Å²) in [6.45, 7) is 0.426. The quantitative estimate of drug-likeness (QED) is 0.564. The van der Waals surface area contributed by atoms with Crippen molar-refractivity contribution in [2.45, 2.75) is 6.54 Å². The van der Waals surface area contributed by atoms with E-state index in [1.165, 1.54) is 0 Å². The third-order valence-electron chi connectivity index (χ3n) is 3.46. The zero-order chi connectivity index (χ0) is 17.1. The number of anilines is 2. The summed E-state index contributed by atoms with van der Waals surface area (Å²) in [5.41, 5.74) is 8.06. The third-order valence-corrected chi connectivity index (χ3v) is 3.46. The molecule has 1 aromatic carbocycles. The number of benzene rings is 1. The molecule has 0 radical (unpaired) electrons. The first-order valence-corrected chi connectivity index (χ1v) is 7.27. The SMILES string of the molecule is CNC(=O)c1ccc(NCc2cnc3c(=O)[nH]c(N)cc3n2)cc1. The first-order valence-electron chi connectivity index (χ1n) is 7.27. The van der Waals surface area contributed by atoms with E-state index in [9.17, 15) is 9.59 Å². The first-order chi connectivity index (χ1) is 11.6. The molecule has 0 bridgehead atoms. The van der Waals surface area contributed by atoms with Gasteiger partial charge in [-0.25, -0.2) is 9.97 Å². The maximum Gasteiger partial charge on any atom is 0.277 e. The summed E-state index contributed by atoms with van der Waals surface area (Å²) < 4.78 is 0. The molecule has 0 aliphatic carbocycles. The standard InChI is InChI=1S/C16H16N6O2/c1-18-15(23)9-2-4-10(5-3-9)19-7-11-8-20-14-12(21-11)6-13(17)22-16(14)24/h2-6,8,19H,7H2,1H3,(H,18,23)(H3,17,22,24). The van der Waals surface area contributed by atoms with Crippen molar-refractivity contribution < 1.29 is 4.79 Å². The molecule has 0 aliphatic rings. The van der Waals surface area contributed by atoms with Gasteiger partial charge in [0.15, 0.2) is 5.52 Å². The summed E-state index contributed by atoms with van der Waals surface area (Å²) in [4.78, 5) is 34.2. The van der Waals surface area contributed by atoms with Gasteiger partial charge in [0, 0.05) is 24.4 Å². The van der Waals surface area contributed by atoms with Crippen molar-refractivity contribution in [3.8, 4) is 0 Å². The maximum atomic E-state index is 11.7. The van der Waals surface area contributed by atoms with Gasteiger partial charge in [0.05, 0.1) is 24.0 Å². The van der Waals surface area contributed by atoms with Crippen LogP contribution in [0.5, 0.6) is 0 Å². The van der Waals surface area contributed by atoms with Gasteiger partial charge in [-0.1, -0.05) is 0 Å². The number of pyridine rings is 1. The van der Waals surface area contributed by atoms with E-state index < -0.39 is 0 Å². The van der Waals surface area contributed by atoms with Crippen LogP contribution in [0.3, 0.4) is 0 Å². The van der Waals surface area contributed by atoms with Gasteiger partial charge in [-0.15, -0.1) is 0 Å². The average molecular weight is 324 g/mol. The molecule has 0 spiro atoms. The van der Waals surface area contributed by atoms with Crippen LogP contribution in [0.25, 0.3) is 11.0 Å². The largest absolute Gasteiger partial charge is 0.385 e. The van der Waals surface area contributed by atoms with Crippen molar-refractivity contribution in [2.75, 3.05) is 18.1 Å². The van der Waals surface area contributed by atoms with E-state index in [0.29, 0.717) is 23.3 Å².